The van der Waals surface area contributed by atoms with E-state index >= 15 is 0 Å². The van der Waals surface area contributed by atoms with Crippen LogP contribution in [0, 0.1) is 0 Å². The second-order valence-electron chi connectivity index (χ2n) is 17.8. The van der Waals surface area contributed by atoms with E-state index in [0.717, 1.165) is 13.2 Å². The molecular weight excluding hydrogens is 689 g/mol. The van der Waals surface area contributed by atoms with Crippen LogP contribution < -0.4 is 0 Å². The summed E-state index contributed by atoms with van der Waals surface area (Å²) in [5, 5.41) is 5.49. The van der Waals surface area contributed by atoms with Crippen molar-refractivity contribution in [3.05, 3.63) is 96.1 Å². The van der Waals surface area contributed by atoms with E-state index in [4.69, 9.17) is 4.74 Å². The van der Waals surface area contributed by atoms with Crippen molar-refractivity contribution in [1.29, 1.82) is 0 Å². The third-order valence-corrected chi connectivity index (χ3v) is 12.6. The minimum absolute atomic E-state index is 0.984. The number of hydrogen-bond donors (Lipinski definition) is 0. The first-order chi connectivity index (χ1) is 28.4. The van der Waals surface area contributed by atoms with Gasteiger partial charge in [0.15, 0.2) is 0 Å². The fraction of sp³-hybridized carbons (Fsp3) is 0.643. The molecule has 316 valence electrons. The highest BCUT2D eigenvalue weighted by atomic mass is 16.5. The lowest BCUT2D eigenvalue weighted by Crippen LogP contribution is -1.97. The summed E-state index contributed by atoms with van der Waals surface area (Å²) < 4.78 is 5.94. The second-order valence-corrected chi connectivity index (χ2v) is 17.8. The summed E-state index contributed by atoms with van der Waals surface area (Å²) in [5.41, 5.74) is 3.01. The van der Waals surface area contributed by atoms with Crippen molar-refractivity contribution < 1.29 is 4.74 Å². The molecule has 1 nitrogen and oxygen atoms in total. The van der Waals surface area contributed by atoms with Crippen molar-refractivity contribution in [1.82, 2.24) is 0 Å². The Morgan fingerprint density at radius 1 is 0.228 bits per heavy atom. The SMILES string of the molecule is c1ccc2cc(CCCCCCCCCCCCCCCCCCOCCCCCCCCCCCCCCCCCCc3ccc4ccccc4c3)ccc2c1. The lowest BCUT2D eigenvalue weighted by Gasteiger charge is -2.06. The van der Waals surface area contributed by atoms with Gasteiger partial charge in [-0.25, -0.2) is 0 Å². The Labute approximate surface area is 352 Å². The summed E-state index contributed by atoms with van der Waals surface area (Å²) in [6.45, 7) is 1.97. The maximum absolute atomic E-state index is 5.94. The highest BCUT2D eigenvalue weighted by molar-refractivity contribution is 5.83. The van der Waals surface area contributed by atoms with E-state index in [9.17, 15) is 0 Å². The molecule has 0 aliphatic carbocycles. The Hall–Kier alpha value is -2.64. The normalized spacial score (nSPS) is 11.6. The largest absolute Gasteiger partial charge is 0.381 e. The molecule has 0 amide bonds. The molecule has 0 N–H and O–H groups in total. The van der Waals surface area contributed by atoms with Gasteiger partial charge < -0.3 is 4.74 Å². The van der Waals surface area contributed by atoms with Crippen LogP contribution in [0.3, 0.4) is 0 Å². The quantitative estimate of drug-likeness (QED) is 0.0412. The highest BCUT2D eigenvalue weighted by Gasteiger charge is 2.01. The van der Waals surface area contributed by atoms with E-state index in [1.165, 1.54) is 251 Å². The van der Waals surface area contributed by atoms with Crippen molar-refractivity contribution in [3.8, 4) is 0 Å². The number of rotatable bonds is 38. The monoisotopic (exact) mass is 775 g/mol. The average Bonchev–Trinajstić information content (AvgIpc) is 3.24. The van der Waals surface area contributed by atoms with Crippen molar-refractivity contribution in [2.45, 2.75) is 218 Å². The van der Waals surface area contributed by atoms with Gasteiger partial charge in [0, 0.05) is 13.2 Å². The van der Waals surface area contributed by atoms with Gasteiger partial charge >= 0.3 is 0 Å². The molecule has 4 rings (SSSR count). The van der Waals surface area contributed by atoms with E-state index in [2.05, 4.69) is 84.9 Å². The average molecular weight is 775 g/mol. The molecule has 1 heteroatoms. The predicted octanol–water partition coefficient (Wildman–Crippen LogP) is 18.3. The Bertz CT molecular complexity index is 1390. The van der Waals surface area contributed by atoms with E-state index in [1.54, 1.807) is 0 Å². The fourth-order valence-corrected chi connectivity index (χ4v) is 8.91. The summed E-state index contributed by atoms with van der Waals surface area (Å²) in [4.78, 5) is 0. The molecule has 0 radical (unpaired) electrons. The minimum atomic E-state index is 0.984. The van der Waals surface area contributed by atoms with Crippen LogP contribution >= 0.6 is 0 Å². The third-order valence-electron chi connectivity index (χ3n) is 12.6. The fourth-order valence-electron chi connectivity index (χ4n) is 8.91. The molecule has 0 saturated carbocycles. The summed E-state index contributed by atoms with van der Waals surface area (Å²) in [6.07, 6.45) is 47.7. The molecule has 0 unspecified atom stereocenters. The van der Waals surface area contributed by atoms with E-state index < -0.39 is 0 Å². The molecule has 4 aromatic carbocycles. The molecule has 0 atom stereocenters. The number of benzene rings is 4. The van der Waals surface area contributed by atoms with Crippen LogP contribution in [0.25, 0.3) is 21.5 Å². The molecule has 0 bridgehead atoms. The van der Waals surface area contributed by atoms with Crippen molar-refractivity contribution in [3.63, 3.8) is 0 Å². The predicted molar refractivity (Wildman–Crippen MR) is 254 cm³/mol. The summed E-state index contributed by atoms with van der Waals surface area (Å²) in [7, 11) is 0. The summed E-state index contributed by atoms with van der Waals surface area (Å²) in [6, 6.07) is 31.4. The molecular formula is C56H86O. The van der Waals surface area contributed by atoms with Crippen LogP contribution in [0.1, 0.15) is 217 Å². The van der Waals surface area contributed by atoms with Gasteiger partial charge in [-0.05, 0) is 71.2 Å². The molecule has 57 heavy (non-hydrogen) atoms. The Morgan fingerprint density at radius 2 is 0.474 bits per heavy atom. The standard InChI is InChI=1S/C56H86O/c1(5-9-13-17-21-25-29-37-51-43-45-53-39-31-33-41-55(53)49-51)3-7-11-15-19-23-27-35-47-57-48-36-28-24-20-16-12-8-4-2-6-10-14-18-22-26-30-38-52-44-46-54-40-32-34-42-56(54)50-52/h31-34,39-46,49-50H,1-30,35-38,47-48H2. The van der Waals surface area contributed by atoms with E-state index in [1.807, 2.05) is 0 Å². The Morgan fingerprint density at radius 3 is 0.772 bits per heavy atom. The molecule has 0 fully saturated rings. The number of aryl methyl sites for hydroxylation is 2. The van der Waals surface area contributed by atoms with Crippen molar-refractivity contribution >= 4 is 21.5 Å². The number of hydrogen-bond acceptors (Lipinski definition) is 1. The molecule has 4 aromatic rings. The zero-order valence-electron chi connectivity index (χ0n) is 36.9. The number of fused-ring (bicyclic) bond motifs is 2. The number of unbranched alkanes of at least 4 members (excludes halogenated alkanes) is 30. The molecule has 0 spiro atoms. The van der Waals surface area contributed by atoms with Crippen LogP contribution in [-0.4, -0.2) is 13.2 Å². The van der Waals surface area contributed by atoms with Gasteiger partial charge in [-0.2, -0.15) is 0 Å². The third kappa shape index (κ3) is 23.5. The van der Waals surface area contributed by atoms with Crippen LogP contribution in [-0.2, 0) is 17.6 Å². The van der Waals surface area contributed by atoms with Crippen molar-refractivity contribution in [2.75, 3.05) is 13.2 Å². The van der Waals surface area contributed by atoms with E-state index in [-0.39, 0.29) is 0 Å². The summed E-state index contributed by atoms with van der Waals surface area (Å²) in [5.74, 6) is 0. The molecule has 0 saturated heterocycles. The van der Waals surface area contributed by atoms with Crippen molar-refractivity contribution in [2.24, 2.45) is 0 Å². The topological polar surface area (TPSA) is 9.23 Å². The maximum Gasteiger partial charge on any atom is 0.0466 e. The Kier molecular flexibility index (Phi) is 27.4. The zero-order valence-corrected chi connectivity index (χ0v) is 36.9. The van der Waals surface area contributed by atoms with Crippen LogP contribution in [0.5, 0.6) is 0 Å². The van der Waals surface area contributed by atoms with Gasteiger partial charge in [0.05, 0.1) is 0 Å². The lowest BCUT2D eigenvalue weighted by molar-refractivity contribution is 0.125. The van der Waals surface area contributed by atoms with Gasteiger partial charge in [0.2, 0.25) is 0 Å². The van der Waals surface area contributed by atoms with Gasteiger partial charge in [-0.15, -0.1) is 0 Å². The minimum Gasteiger partial charge on any atom is -0.381 e. The highest BCUT2D eigenvalue weighted by Crippen LogP contribution is 2.21. The number of ether oxygens (including phenoxy) is 1. The Balaban J connectivity index is 0.750. The first-order valence-electron chi connectivity index (χ1n) is 24.9. The van der Waals surface area contributed by atoms with Crippen LogP contribution in [0.15, 0.2) is 84.9 Å². The molecule has 0 heterocycles. The van der Waals surface area contributed by atoms with Crippen LogP contribution in [0.4, 0.5) is 0 Å². The smallest absolute Gasteiger partial charge is 0.0466 e. The van der Waals surface area contributed by atoms with E-state index in [0.29, 0.717) is 0 Å². The van der Waals surface area contributed by atoms with Crippen LogP contribution in [0.2, 0.25) is 0 Å². The van der Waals surface area contributed by atoms with Gasteiger partial charge in [0.1, 0.15) is 0 Å². The lowest BCUT2D eigenvalue weighted by atomic mass is 10.0. The zero-order chi connectivity index (χ0) is 39.5. The first-order valence-corrected chi connectivity index (χ1v) is 24.9. The van der Waals surface area contributed by atoms with Gasteiger partial charge in [-0.1, -0.05) is 265 Å². The second kappa shape index (κ2) is 33.2. The molecule has 0 aliphatic rings. The maximum atomic E-state index is 5.94. The molecule has 0 aliphatic heterocycles. The first kappa shape index (κ1) is 47.0. The molecule has 0 aromatic heterocycles. The van der Waals surface area contributed by atoms with Gasteiger partial charge in [-0.3, -0.25) is 0 Å². The van der Waals surface area contributed by atoms with Gasteiger partial charge in [0.25, 0.3) is 0 Å². The summed E-state index contributed by atoms with van der Waals surface area (Å²) >= 11 is 0.